The molecule has 1 saturated heterocycles. The van der Waals surface area contributed by atoms with E-state index in [1.807, 2.05) is 0 Å². The van der Waals surface area contributed by atoms with Gasteiger partial charge in [-0.1, -0.05) is 13.8 Å². The van der Waals surface area contributed by atoms with E-state index in [4.69, 9.17) is 5.11 Å². The minimum atomic E-state index is -3.88. The number of carbonyl (C=O) groups is 2. The van der Waals surface area contributed by atoms with Crippen LogP contribution in [0.25, 0.3) is 0 Å². The van der Waals surface area contributed by atoms with E-state index in [-0.39, 0.29) is 30.9 Å². The molecule has 0 aromatic carbocycles. The lowest BCUT2D eigenvalue weighted by Crippen LogP contribution is -2.52. The van der Waals surface area contributed by atoms with E-state index < -0.39 is 22.2 Å². The molecule has 0 aromatic heterocycles. The zero-order chi connectivity index (χ0) is 16.2. The number of piperidine rings is 1. The summed E-state index contributed by atoms with van der Waals surface area (Å²) in [7, 11) is -2.58. The first kappa shape index (κ1) is 17.9. The lowest BCUT2D eigenvalue weighted by molar-refractivity contribution is -0.146. The van der Waals surface area contributed by atoms with Crippen LogP contribution in [0.15, 0.2) is 0 Å². The van der Waals surface area contributed by atoms with Gasteiger partial charge in [0.05, 0.1) is 13.0 Å². The second-order valence-corrected chi connectivity index (χ2v) is 7.08. The maximum atomic E-state index is 12.2. The number of carboxylic acids is 1. The Morgan fingerprint density at radius 1 is 1.29 bits per heavy atom. The lowest BCUT2D eigenvalue weighted by atomic mass is 9.99. The van der Waals surface area contributed by atoms with Gasteiger partial charge in [0.15, 0.2) is 0 Å². The van der Waals surface area contributed by atoms with Crippen molar-refractivity contribution in [1.29, 1.82) is 0 Å². The highest BCUT2D eigenvalue weighted by molar-refractivity contribution is 7.87. The van der Waals surface area contributed by atoms with Crippen LogP contribution >= 0.6 is 0 Å². The monoisotopic (exact) mass is 322 g/mol. The summed E-state index contributed by atoms with van der Waals surface area (Å²) in [4.78, 5) is 22.5. The second-order valence-electron chi connectivity index (χ2n) is 5.38. The topological polar surface area (TPSA) is 113 Å². The molecule has 0 saturated carbocycles. The van der Waals surface area contributed by atoms with E-state index in [9.17, 15) is 18.0 Å². The maximum Gasteiger partial charge on any atom is 0.322 e. The number of rotatable bonds is 6. The molecule has 8 nitrogen and oxygen atoms in total. The molecule has 0 radical (unpaired) electrons. The normalized spacial score (nSPS) is 19.4. The minimum absolute atomic E-state index is 0.166. The number of hydrogen-bond acceptors (Lipinski definition) is 5. The summed E-state index contributed by atoms with van der Waals surface area (Å²) in [6.45, 7) is 3.59. The average molecular weight is 322 g/mol. The van der Waals surface area contributed by atoms with Crippen molar-refractivity contribution in [3.63, 3.8) is 0 Å². The summed E-state index contributed by atoms with van der Waals surface area (Å²) in [5.41, 5.74) is 0. The number of methoxy groups -OCH3 is 1. The van der Waals surface area contributed by atoms with Crippen LogP contribution in [0, 0.1) is 11.8 Å². The van der Waals surface area contributed by atoms with Gasteiger partial charge in [-0.25, -0.2) is 0 Å². The number of aliphatic carboxylic acids is 1. The molecule has 1 atom stereocenters. The predicted molar refractivity (Wildman–Crippen MR) is 74.6 cm³/mol. The third kappa shape index (κ3) is 4.65. The van der Waals surface area contributed by atoms with Gasteiger partial charge in [-0.15, -0.1) is 0 Å². The van der Waals surface area contributed by atoms with Crippen molar-refractivity contribution in [2.75, 3.05) is 20.2 Å². The Kier molecular flexibility index (Phi) is 6.11. The quantitative estimate of drug-likeness (QED) is 0.656. The fourth-order valence-corrected chi connectivity index (χ4v) is 3.74. The number of carboxylic acid groups (broad SMARTS) is 1. The summed E-state index contributed by atoms with van der Waals surface area (Å²) in [6, 6.07) is -1.17. The molecule has 0 unspecified atom stereocenters. The van der Waals surface area contributed by atoms with E-state index in [0.29, 0.717) is 12.8 Å². The largest absolute Gasteiger partial charge is 0.480 e. The molecule has 9 heteroatoms. The van der Waals surface area contributed by atoms with Gasteiger partial charge in [-0.2, -0.15) is 17.4 Å². The lowest BCUT2D eigenvalue weighted by Gasteiger charge is -2.31. The van der Waals surface area contributed by atoms with Crippen LogP contribution in [0.1, 0.15) is 26.7 Å². The molecule has 1 rings (SSSR count). The van der Waals surface area contributed by atoms with E-state index >= 15 is 0 Å². The molecule has 21 heavy (non-hydrogen) atoms. The van der Waals surface area contributed by atoms with Gasteiger partial charge in [0.1, 0.15) is 6.04 Å². The summed E-state index contributed by atoms with van der Waals surface area (Å²) in [6.07, 6.45) is 0.736. The second kappa shape index (κ2) is 7.19. The first-order valence-corrected chi connectivity index (χ1v) is 8.21. The van der Waals surface area contributed by atoms with Crippen molar-refractivity contribution in [2.24, 2.45) is 11.8 Å². The number of nitrogens with one attached hydrogen (secondary N) is 1. The van der Waals surface area contributed by atoms with Gasteiger partial charge in [-0.05, 0) is 18.8 Å². The average Bonchev–Trinajstić information content (AvgIpc) is 2.43. The van der Waals surface area contributed by atoms with Crippen LogP contribution < -0.4 is 4.72 Å². The van der Waals surface area contributed by atoms with Gasteiger partial charge in [-0.3, -0.25) is 9.59 Å². The van der Waals surface area contributed by atoms with Gasteiger partial charge in [0.25, 0.3) is 10.2 Å². The van der Waals surface area contributed by atoms with Crippen molar-refractivity contribution >= 4 is 22.1 Å². The zero-order valence-electron chi connectivity index (χ0n) is 12.4. The smallest absolute Gasteiger partial charge is 0.322 e. The molecule has 0 aliphatic carbocycles. The Morgan fingerprint density at radius 3 is 2.19 bits per heavy atom. The fraction of sp³-hybridized carbons (Fsp3) is 0.833. The number of hydrogen-bond donors (Lipinski definition) is 2. The molecular weight excluding hydrogens is 300 g/mol. The minimum Gasteiger partial charge on any atom is -0.480 e. The van der Waals surface area contributed by atoms with Crippen molar-refractivity contribution in [3.8, 4) is 0 Å². The first-order chi connectivity index (χ1) is 9.69. The van der Waals surface area contributed by atoms with Gasteiger partial charge in [0, 0.05) is 13.1 Å². The van der Waals surface area contributed by atoms with Crippen LogP contribution in [0.3, 0.4) is 0 Å². The molecule has 0 aromatic rings. The summed E-state index contributed by atoms with van der Waals surface area (Å²) in [5.74, 6) is -2.23. The van der Waals surface area contributed by atoms with Gasteiger partial charge < -0.3 is 9.84 Å². The predicted octanol–water partition coefficient (Wildman–Crippen LogP) is -0.185. The van der Waals surface area contributed by atoms with Crippen molar-refractivity contribution in [2.45, 2.75) is 32.7 Å². The number of nitrogens with zero attached hydrogens (tertiary/aromatic N) is 1. The molecule has 122 valence electrons. The highest BCUT2D eigenvalue weighted by atomic mass is 32.2. The summed E-state index contributed by atoms with van der Waals surface area (Å²) < 4.78 is 32.4. The summed E-state index contributed by atoms with van der Waals surface area (Å²) >= 11 is 0. The standard InChI is InChI=1S/C12H22N2O6S/c1-8(2)10(11(15)16)13-21(18,19)14-6-4-9(5-7-14)12(17)20-3/h8-10,13H,4-7H2,1-3H3,(H,15,16)/t10-/m1/s1. The zero-order valence-corrected chi connectivity index (χ0v) is 13.2. The molecule has 2 N–H and O–H groups in total. The number of ether oxygens (including phenoxy) is 1. The Bertz CT molecular complexity index is 482. The maximum absolute atomic E-state index is 12.2. The SMILES string of the molecule is COC(=O)C1CCN(S(=O)(=O)N[C@@H](C(=O)O)C(C)C)CC1. The molecule has 0 amide bonds. The number of carbonyl (C=O) groups excluding carboxylic acids is 1. The molecule has 1 heterocycles. The third-order valence-corrected chi connectivity index (χ3v) is 5.13. The molecule has 1 fully saturated rings. The Hall–Kier alpha value is -1.19. The summed E-state index contributed by atoms with van der Waals surface area (Å²) in [5, 5.41) is 9.05. The molecule has 0 spiro atoms. The van der Waals surface area contributed by atoms with Crippen LogP contribution in [-0.2, 0) is 24.5 Å². The molecular formula is C12H22N2O6S. The van der Waals surface area contributed by atoms with Crippen LogP contribution in [0.2, 0.25) is 0 Å². The Labute approximate surface area is 124 Å². The van der Waals surface area contributed by atoms with Crippen molar-refractivity contribution in [3.05, 3.63) is 0 Å². The van der Waals surface area contributed by atoms with Crippen molar-refractivity contribution < 1.29 is 27.9 Å². The fourth-order valence-electron chi connectivity index (χ4n) is 2.21. The van der Waals surface area contributed by atoms with Crippen LogP contribution in [-0.4, -0.2) is 56.0 Å². The first-order valence-electron chi connectivity index (χ1n) is 6.77. The highest BCUT2D eigenvalue weighted by Crippen LogP contribution is 2.20. The molecule has 1 aliphatic heterocycles. The van der Waals surface area contributed by atoms with Crippen LogP contribution in [0.4, 0.5) is 0 Å². The van der Waals surface area contributed by atoms with E-state index in [2.05, 4.69) is 9.46 Å². The van der Waals surface area contributed by atoms with E-state index in [0.717, 1.165) is 0 Å². The Morgan fingerprint density at radius 2 is 1.81 bits per heavy atom. The van der Waals surface area contributed by atoms with E-state index in [1.165, 1.54) is 11.4 Å². The third-order valence-electron chi connectivity index (χ3n) is 3.54. The van der Waals surface area contributed by atoms with Crippen LogP contribution in [0.5, 0.6) is 0 Å². The Balaban J connectivity index is 2.69. The molecule has 0 bridgehead atoms. The molecule has 1 aliphatic rings. The van der Waals surface area contributed by atoms with E-state index in [1.54, 1.807) is 13.8 Å². The van der Waals surface area contributed by atoms with Gasteiger partial charge in [0.2, 0.25) is 0 Å². The highest BCUT2D eigenvalue weighted by Gasteiger charge is 2.35. The van der Waals surface area contributed by atoms with Gasteiger partial charge >= 0.3 is 11.9 Å². The number of esters is 1. The van der Waals surface area contributed by atoms with Crippen molar-refractivity contribution in [1.82, 2.24) is 9.03 Å².